The topological polar surface area (TPSA) is 121 Å². The minimum atomic E-state index is -2.92. The van der Waals surface area contributed by atoms with Gasteiger partial charge in [0.25, 0.3) is 23.6 Å². The molecule has 11 heteroatoms. The van der Waals surface area contributed by atoms with Crippen molar-refractivity contribution >= 4 is 36.7 Å². The Kier molecular flexibility index (Phi) is 9.22. The molecule has 0 saturated carbocycles. The van der Waals surface area contributed by atoms with Crippen molar-refractivity contribution in [2.75, 3.05) is 39.5 Å². The first-order chi connectivity index (χ1) is 21.1. The Bertz CT molecular complexity index is 1500. The van der Waals surface area contributed by atoms with Crippen LogP contribution < -0.4 is 0 Å². The molecule has 3 aromatic rings. The molecule has 0 aliphatic carbocycles. The smallest absolute Gasteiger partial charge is 0.306 e. The minimum absolute atomic E-state index is 0.00339. The van der Waals surface area contributed by atoms with E-state index < -0.39 is 42.5 Å². The van der Waals surface area contributed by atoms with Gasteiger partial charge in [0.15, 0.2) is 0 Å². The molecule has 2 heterocycles. The summed E-state index contributed by atoms with van der Waals surface area (Å²) >= 11 is 0. The number of carbonyl (C=O) groups excluding carboxylic acids is 5. The van der Waals surface area contributed by atoms with Gasteiger partial charge in [-0.15, -0.1) is 0 Å². The third kappa shape index (κ3) is 6.56. The number of benzene rings is 3. The van der Waals surface area contributed by atoms with Crippen molar-refractivity contribution in [3.05, 3.63) is 107 Å². The molecule has 228 valence electrons. The van der Waals surface area contributed by atoms with E-state index in [0.29, 0.717) is 22.3 Å². The number of rotatable bonds is 13. The predicted octanol–water partition coefficient (Wildman–Crippen LogP) is 4.35. The summed E-state index contributed by atoms with van der Waals surface area (Å²) < 4.78 is 19.1. The van der Waals surface area contributed by atoms with Crippen molar-refractivity contribution < 1.29 is 33.3 Å². The van der Waals surface area contributed by atoms with Crippen molar-refractivity contribution in [1.82, 2.24) is 14.7 Å². The fraction of sp³-hybridized carbons (Fsp3) is 0.303. The zero-order valence-electron chi connectivity index (χ0n) is 24.7. The Morgan fingerprint density at radius 1 is 0.705 bits per heavy atom. The molecule has 1 atom stereocenters. The average Bonchev–Trinajstić information content (AvgIpc) is 3.41. The zero-order valence-corrected chi connectivity index (χ0v) is 25.6. The third-order valence-corrected chi connectivity index (χ3v) is 9.99. The van der Waals surface area contributed by atoms with E-state index in [1.165, 1.54) is 0 Å². The number of hydrogen-bond acceptors (Lipinski definition) is 8. The molecule has 1 unspecified atom stereocenters. The highest BCUT2D eigenvalue weighted by molar-refractivity contribution is 7.63. The van der Waals surface area contributed by atoms with Crippen LogP contribution in [0.3, 0.4) is 0 Å². The van der Waals surface area contributed by atoms with Crippen LogP contribution in [0.2, 0.25) is 0 Å². The summed E-state index contributed by atoms with van der Waals surface area (Å²) in [5.41, 5.74) is 2.14. The Labute approximate surface area is 255 Å². The van der Waals surface area contributed by atoms with E-state index in [1.807, 2.05) is 35.2 Å². The van der Waals surface area contributed by atoms with Gasteiger partial charge in [0.1, 0.15) is 6.61 Å². The molecule has 0 spiro atoms. The SMILES string of the molecule is CP(C)(=O)C(CCC(=O)OCc1ccccc1)N(CCN1C(=O)c2ccccc2C1=O)CCN1C(=O)c2ccccc2C1=O. The first kappa shape index (κ1) is 31.0. The van der Waals surface area contributed by atoms with Crippen LogP contribution in [0.25, 0.3) is 0 Å². The number of esters is 1. The lowest BCUT2D eigenvalue weighted by molar-refractivity contribution is -0.145. The summed E-state index contributed by atoms with van der Waals surface area (Å²) in [6.45, 7) is 3.61. The molecule has 44 heavy (non-hydrogen) atoms. The normalized spacial score (nSPS) is 15.2. The molecule has 0 fully saturated rings. The van der Waals surface area contributed by atoms with Gasteiger partial charge in [-0.2, -0.15) is 0 Å². The van der Waals surface area contributed by atoms with Gasteiger partial charge >= 0.3 is 5.97 Å². The van der Waals surface area contributed by atoms with Crippen molar-refractivity contribution in [1.29, 1.82) is 0 Å². The second-order valence-corrected chi connectivity index (χ2v) is 14.7. The van der Waals surface area contributed by atoms with Crippen LogP contribution in [-0.4, -0.2) is 89.6 Å². The predicted molar refractivity (Wildman–Crippen MR) is 164 cm³/mol. The molecule has 10 nitrogen and oxygen atoms in total. The summed E-state index contributed by atoms with van der Waals surface area (Å²) in [6.07, 6.45) is 0.168. The number of imide groups is 2. The second-order valence-electron chi connectivity index (χ2n) is 11.3. The molecule has 0 bridgehead atoms. The lowest BCUT2D eigenvalue weighted by Crippen LogP contribution is -2.46. The molecule has 5 rings (SSSR count). The summed E-state index contributed by atoms with van der Waals surface area (Å²) in [4.78, 5) is 69.0. The van der Waals surface area contributed by atoms with Crippen molar-refractivity contribution in [2.45, 2.75) is 25.2 Å². The minimum Gasteiger partial charge on any atom is -0.461 e. The number of nitrogens with zero attached hydrogens (tertiary/aromatic N) is 3. The molecule has 3 aromatic carbocycles. The third-order valence-electron chi connectivity index (χ3n) is 7.97. The van der Waals surface area contributed by atoms with Gasteiger partial charge in [-0.25, -0.2) is 0 Å². The van der Waals surface area contributed by atoms with Gasteiger partial charge in [-0.1, -0.05) is 54.6 Å². The molecule has 0 aromatic heterocycles. The molecule has 4 amide bonds. The van der Waals surface area contributed by atoms with Crippen LogP contribution in [0.5, 0.6) is 0 Å². The van der Waals surface area contributed by atoms with Gasteiger partial charge in [0.2, 0.25) is 0 Å². The van der Waals surface area contributed by atoms with E-state index in [4.69, 9.17) is 4.74 Å². The lowest BCUT2D eigenvalue weighted by Gasteiger charge is -2.35. The van der Waals surface area contributed by atoms with Gasteiger partial charge in [-0.3, -0.25) is 38.7 Å². The van der Waals surface area contributed by atoms with E-state index in [2.05, 4.69) is 0 Å². The number of fused-ring (bicyclic) bond motifs is 2. The monoisotopic (exact) mass is 615 g/mol. The van der Waals surface area contributed by atoms with Gasteiger partial charge in [0.05, 0.1) is 35.2 Å². The van der Waals surface area contributed by atoms with E-state index in [9.17, 15) is 28.5 Å². The standard InChI is InChI=1S/C33H34N3O7P/c1-44(2,42)28(16-17-29(37)43-22-23-10-4-3-5-11-23)34(18-20-35-30(38)24-12-6-7-13-25(24)31(35)39)19-21-36-32(40)26-14-8-9-15-27(26)33(36)41/h3-15,28H,16-22H2,1-2H3. The van der Waals surface area contributed by atoms with Crippen LogP contribution >= 0.6 is 7.14 Å². The van der Waals surface area contributed by atoms with Crippen molar-refractivity contribution in [2.24, 2.45) is 0 Å². The number of ether oxygens (including phenoxy) is 1. The molecule has 0 N–H and O–H groups in total. The summed E-state index contributed by atoms with van der Waals surface area (Å²) in [5.74, 6) is -2.75. The lowest BCUT2D eigenvalue weighted by atomic mass is 10.1. The largest absolute Gasteiger partial charge is 0.461 e. The number of amides is 4. The fourth-order valence-corrected chi connectivity index (χ4v) is 7.46. The first-order valence-electron chi connectivity index (χ1n) is 14.4. The first-order valence-corrected chi connectivity index (χ1v) is 17.1. The number of hydrogen-bond donors (Lipinski definition) is 0. The molecule has 0 saturated heterocycles. The Hall–Kier alpha value is -4.40. The van der Waals surface area contributed by atoms with E-state index in [1.54, 1.807) is 61.9 Å². The number of carbonyl (C=O) groups is 5. The Balaban J connectivity index is 1.32. The van der Waals surface area contributed by atoms with Gasteiger partial charge in [-0.05, 0) is 49.6 Å². The van der Waals surface area contributed by atoms with Gasteiger partial charge in [0, 0.05) is 32.6 Å². The molecule has 0 radical (unpaired) electrons. The van der Waals surface area contributed by atoms with E-state index in [0.717, 1.165) is 15.4 Å². The highest BCUT2D eigenvalue weighted by atomic mass is 31.2. The highest BCUT2D eigenvalue weighted by Gasteiger charge is 2.39. The van der Waals surface area contributed by atoms with E-state index >= 15 is 0 Å². The summed E-state index contributed by atoms with van der Waals surface area (Å²) in [7, 11) is -2.92. The molecule has 2 aliphatic heterocycles. The van der Waals surface area contributed by atoms with Crippen LogP contribution in [0.15, 0.2) is 78.9 Å². The zero-order chi connectivity index (χ0) is 31.4. The van der Waals surface area contributed by atoms with Crippen molar-refractivity contribution in [3.63, 3.8) is 0 Å². The highest BCUT2D eigenvalue weighted by Crippen LogP contribution is 2.46. The maximum Gasteiger partial charge on any atom is 0.306 e. The van der Waals surface area contributed by atoms with Crippen LogP contribution in [-0.2, 0) is 20.7 Å². The van der Waals surface area contributed by atoms with E-state index in [-0.39, 0.29) is 45.6 Å². The van der Waals surface area contributed by atoms with Crippen LogP contribution in [0, 0.1) is 0 Å². The fourth-order valence-electron chi connectivity index (χ4n) is 5.70. The maximum absolute atomic E-state index is 13.7. The van der Waals surface area contributed by atoms with Crippen LogP contribution in [0.1, 0.15) is 59.8 Å². The summed E-state index contributed by atoms with van der Waals surface area (Å²) in [6, 6.07) is 22.5. The molecule has 2 aliphatic rings. The average molecular weight is 616 g/mol. The Morgan fingerprint density at radius 2 is 1.11 bits per heavy atom. The quantitative estimate of drug-likeness (QED) is 0.158. The van der Waals surface area contributed by atoms with Crippen LogP contribution in [0.4, 0.5) is 0 Å². The van der Waals surface area contributed by atoms with Gasteiger partial charge < -0.3 is 9.30 Å². The summed E-state index contributed by atoms with van der Waals surface area (Å²) in [5, 5.41) is 0. The molecular weight excluding hydrogens is 581 g/mol. The molecular formula is C33H34N3O7P. The maximum atomic E-state index is 13.7. The Morgan fingerprint density at radius 3 is 1.52 bits per heavy atom. The van der Waals surface area contributed by atoms with Crippen molar-refractivity contribution in [3.8, 4) is 0 Å². The second kappa shape index (κ2) is 13.1.